The van der Waals surface area contributed by atoms with E-state index >= 15 is 4.39 Å². The highest BCUT2D eigenvalue weighted by Gasteiger charge is 2.22. The molecule has 0 aliphatic carbocycles. The fraction of sp³-hybridized carbons (Fsp3) is 0.226. The van der Waals surface area contributed by atoms with Gasteiger partial charge in [-0.15, -0.1) is 5.10 Å². The molecule has 2 heterocycles. The molecule has 1 atom stereocenters. The van der Waals surface area contributed by atoms with Crippen molar-refractivity contribution in [1.29, 1.82) is 0 Å². The monoisotopic (exact) mass is 601 g/mol. The number of benzene rings is 3. The summed E-state index contributed by atoms with van der Waals surface area (Å²) in [4.78, 5) is 24.8. The van der Waals surface area contributed by atoms with Crippen LogP contribution in [-0.4, -0.2) is 53.4 Å². The van der Waals surface area contributed by atoms with Crippen molar-refractivity contribution in [2.24, 2.45) is 0 Å². The number of carboxylic acid groups (broad SMARTS) is 1. The van der Waals surface area contributed by atoms with Gasteiger partial charge in [0.1, 0.15) is 11.5 Å². The Morgan fingerprint density at radius 2 is 1.81 bits per heavy atom. The Labute approximate surface area is 251 Å². The summed E-state index contributed by atoms with van der Waals surface area (Å²) in [6.07, 6.45) is 1.43. The van der Waals surface area contributed by atoms with Crippen LogP contribution in [-0.2, 0) is 24.2 Å². The Bertz CT molecular complexity index is 1740. The minimum Gasteiger partial charge on any atom is -0.481 e. The van der Waals surface area contributed by atoms with Crippen molar-refractivity contribution in [2.75, 3.05) is 0 Å². The molecule has 220 valence electrons. The van der Waals surface area contributed by atoms with Crippen LogP contribution in [0.25, 0.3) is 22.5 Å². The lowest BCUT2D eigenvalue weighted by atomic mass is 9.97. The zero-order chi connectivity index (χ0) is 30.3. The number of tetrazole rings is 1. The normalized spacial score (nSPS) is 11.8. The van der Waals surface area contributed by atoms with E-state index in [0.29, 0.717) is 39.5 Å². The van der Waals surface area contributed by atoms with Crippen LogP contribution < -0.4 is 5.32 Å². The Kier molecular flexibility index (Phi) is 9.21. The molecule has 0 aliphatic rings. The summed E-state index contributed by atoms with van der Waals surface area (Å²) in [5.74, 6) is -1.52. The van der Waals surface area contributed by atoms with Gasteiger partial charge in [-0.3, -0.25) is 14.3 Å². The fourth-order valence-corrected chi connectivity index (χ4v) is 5.19. The molecule has 0 saturated carbocycles. The van der Waals surface area contributed by atoms with Gasteiger partial charge in [0.15, 0.2) is 5.82 Å². The molecule has 43 heavy (non-hydrogen) atoms. The number of aryl methyl sites for hydroxylation is 1. The molecule has 10 nitrogen and oxygen atoms in total. The first-order valence-corrected chi connectivity index (χ1v) is 14.1. The van der Waals surface area contributed by atoms with Gasteiger partial charge in [0.05, 0.1) is 13.0 Å². The van der Waals surface area contributed by atoms with E-state index in [1.54, 1.807) is 41.1 Å². The Balaban J connectivity index is 1.36. The van der Waals surface area contributed by atoms with Crippen LogP contribution in [0.5, 0.6) is 0 Å². The van der Waals surface area contributed by atoms with E-state index in [1.165, 1.54) is 6.07 Å². The molecule has 0 aliphatic heterocycles. The average molecular weight is 602 g/mol. The molecule has 1 amide bonds. The standard InChI is InChI=1S/C31H29ClFN7O3/c1-2-7-22-17-28(31(43)34-21(16-29(41)42)15-20-8-3-6-11-26(20)32)37-40(22)18-19-12-13-24(27(33)14-19)23-9-4-5-10-25(23)30-35-38-39-36-30/h3-6,8-14,17,21H,2,7,15-16,18H2,1H3,(H,34,43)(H,41,42)(H,35,36,38,39). The number of rotatable bonds is 12. The summed E-state index contributed by atoms with van der Waals surface area (Å²) in [5, 5.41) is 31.2. The van der Waals surface area contributed by atoms with Crippen LogP contribution >= 0.6 is 11.6 Å². The third-order valence-corrected chi connectivity index (χ3v) is 7.33. The summed E-state index contributed by atoms with van der Waals surface area (Å²) < 4.78 is 17.2. The Morgan fingerprint density at radius 3 is 2.51 bits per heavy atom. The number of H-pyrrole nitrogens is 1. The number of aromatic nitrogens is 6. The van der Waals surface area contributed by atoms with Crippen molar-refractivity contribution in [3.8, 4) is 22.5 Å². The summed E-state index contributed by atoms with van der Waals surface area (Å²) in [6.45, 7) is 2.26. The quantitative estimate of drug-likeness (QED) is 0.175. The number of aromatic amines is 1. The van der Waals surface area contributed by atoms with Crippen molar-refractivity contribution < 1.29 is 19.1 Å². The lowest BCUT2D eigenvalue weighted by Gasteiger charge is -2.17. The molecule has 5 rings (SSSR count). The van der Waals surface area contributed by atoms with Crippen molar-refractivity contribution >= 4 is 23.5 Å². The SMILES string of the molecule is CCCc1cc(C(=O)NC(CC(=O)O)Cc2ccccc2Cl)nn1Cc1ccc(-c2ccccc2-c2nnn[nH]2)c(F)c1. The molecule has 1 unspecified atom stereocenters. The van der Waals surface area contributed by atoms with Crippen LogP contribution in [0.3, 0.4) is 0 Å². The number of nitrogens with zero attached hydrogens (tertiary/aromatic N) is 5. The molecule has 0 bridgehead atoms. The van der Waals surface area contributed by atoms with Crippen LogP contribution in [0.1, 0.15) is 47.1 Å². The van der Waals surface area contributed by atoms with Gasteiger partial charge in [-0.25, -0.2) is 9.49 Å². The summed E-state index contributed by atoms with van der Waals surface area (Å²) in [5.41, 5.74) is 4.07. The van der Waals surface area contributed by atoms with E-state index in [2.05, 4.69) is 31.0 Å². The Hall–Kier alpha value is -4.90. The van der Waals surface area contributed by atoms with E-state index in [1.807, 2.05) is 37.3 Å². The van der Waals surface area contributed by atoms with Gasteiger partial charge in [-0.2, -0.15) is 5.10 Å². The molecular formula is C31H29ClFN7O3. The highest BCUT2D eigenvalue weighted by Crippen LogP contribution is 2.32. The predicted molar refractivity (Wildman–Crippen MR) is 159 cm³/mol. The molecule has 2 aromatic heterocycles. The van der Waals surface area contributed by atoms with Crippen LogP contribution in [0.2, 0.25) is 5.02 Å². The number of carbonyl (C=O) groups is 2. The second kappa shape index (κ2) is 13.4. The van der Waals surface area contributed by atoms with E-state index in [-0.39, 0.29) is 25.1 Å². The topological polar surface area (TPSA) is 139 Å². The molecule has 12 heteroatoms. The second-order valence-electron chi connectivity index (χ2n) is 10.1. The summed E-state index contributed by atoms with van der Waals surface area (Å²) >= 11 is 6.27. The number of hydrogen-bond donors (Lipinski definition) is 3. The first-order valence-electron chi connectivity index (χ1n) is 13.8. The van der Waals surface area contributed by atoms with E-state index in [9.17, 15) is 14.7 Å². The molecular weight excluding hydrogens is 573 g/mol. The van der Waals surface area contributed by atoms with Gasteiger partial charge in [0, 0.05) is 27.9 Å². The van der Waals surface area contributed by atoms with Crippen molar-refractivity contribution in [2.45, 2.75) is 45.2 Å². The summed E-state index contributed by atoms with van der Waals surface area (Å²) in [6, 6.07) is 20.3. The van der Waals surface area contributed by atoms with Crippen molar-refractivity contribution in [1.82, 2.24) is 35.7 Å². The smallest absolute Gasteiger partial charge is 0.305 e. The van der Waals surface area contributed by atoms with Gasteiger partial charge < -0.3 is 10.4 Å². The zero-order valence-electron chi connectivity index (χ0n) is 23.3. The first-order chi connectivity index (χ1) is 20.8. The summed E-state index contributed by atoms with van der Waals surface area (Å²) in [7, 11) is 0. The van der Waals surface area contributed by atoms with Gasteiger partial charge in [-0.05, 0) is 58.2 Å². The van der Waals surface area contributed by atoms with Gasteiger partial charge in [0.2, 0.25) is 0 Å². The number of carbonyl (C=O) groups excluding carboxylic acids is 1. The number of halogens is 2. The minimum atomic E-state index is -1.04. The zero-order valence-corrected chi connectivity index (χ0v) is 24.1. The Morgan fingerprint density at radius 1 is 1.05 bits per heavy atom. The minimum absolute atomic E-state index is 0.157. The molecule has 0 radical (unpaired) electrons. The highest BCUT2D eigenvalue weighted by atomic mass is 35.5. The fourth-order valence-electron chi connectivity index (χ4n) is 4.98. The molecule has 0 saturated heterocycles. The van der Waals surface area contributed by atoms with E-state index in [4.69, 9.17) is 11.6 Å². The number of hydrogen-bond acceptors (Lipinski definition) is 6. The maximum Gasteiger partial charge on any atom is 0.305 e. The molecule has 3 aromatic carbocycles. The van der Waals surface area contributed by atoms with Crippen LogP contribution in [0.15, 0.2) is 72.8 Å². The van der Waals surface area contributed by atoms with Crippen LogP contribution in [0.4, 0.5) is 4.39 Å². The maximum atomic E-state index is 15.5. The second-order valence-corrected chi connectivity index (χ2v) is 10.5. The number of aliphatic carboxylic acids is 1. The molecule has 0 fully saturated rings. The highest BCUT2D eigenvalue weighted by molar-refractivity contribution is 6.31. The van der Waals surface area contributed by atoms with E-state index in [0.717, 1.165) is 17.7 Å². The molecule has 3 N–H and O–H groups in total. The predicted octanol–water partition coefficient (Wildman–Crippen LogP) is 5.34. The average Bonchev–Trinajstić information content (AvgIpc) is 3.65. The van der Waals surface area contributed by atoms with Gasteiger partial charge in [0.25, 0.3) is 5.91 Å². The number of carboxylic acids is 1. The molecule has 0 spiro atoms. The van der Waals surface area contributed by atoms with Gasteiger partial charge >= 0.3 is 5.97 Å². The largest absolute Gasteiger partial charge is 0.481 e. The third-order valence-electron chi connectivity index (χ3n) is 6.97. The lowest BCUT2D eigenvalue weighted by molar-refractivity contribution is -0.137. The number of amides is 1. The van der Waals surface area contributed by atoms with E-state index < -0.39 is 23.7 Å². The maximum absolute atomic E-state index is 15.5. The lowest BCUT2D eigenvalue weighted by Crippen LogP contribution is -2.38. The van der Waals surface area contributed by atoms with Crippen LogP contribution in [0, 0.1) is 5.82 Å². The molecule has 5 aromatic rings. The third kappa shape index (κ3) is 7.12. The first kappa shape index (κ1) is 29.6. The number of nitrogens with one attached hydrogen (secondary N) is 2. The van der Waals surface area contributed by atoms with Crippen molar-refractivity contribution in [3.05, 3.63) is 106 Å². The van der Waals surface area contributed by atoms with Gasteiger partial charge in [-0.1, -0.05) is 79.5 Å². The van der Waals surface area contributed by atoms with Crippen molar-refractivity contribution in [3.63, 3.8) is 0 Å².